The van der Waals surface area contributed by atoms with Gasteiger partial charge in [-0.15, -0.1) is 0 Å². The number of carboxylic acid groups (broad SMARTS) is 1. The van der Waals surface area contributed by atoms with E-state index in [4.69, 9.17) is 0 Å². The minimum Gasteiger partial charge on any atom is -0.481 e. The summed E-state index contributed by atoms with van der Waals surface area (Å²) in [6, 6.07) is -0.0725. The molecule has 0 radical (unpaired) electrons. The van der Waals surface area contributed by atoms with E-state index in [1.54, 1.807) is 0 Å². The average molecular weight is 267 g/mol. The van der Waals surface area contributed by atoms with Gasteiger partial charge in [-0.3, -0.25) is 9.59 Å². The Kier molecular flexibility index (Phi) is 3.00. The van der Waals surface area contributed by atoms with Crippen LogP contribution in [0.25, 0.3) is 0 Å². The summed E-state index contributed by atoms with van der Waals surface area (Å²) < 4.78 is 0. The molecule has 108 valence electrons. The predicted octanol–water partition coefficient (Wildman–Crippen LogP) is 2.38. The smallest absolute Gasteiger partial charge is 0.308 e. The van der Waals surface area contributed by atoms with Crippen molar-refractivity contribution in [1.82, 2.24) is 4.90 Å². The molecule has 1 aliphatic heterocycles. The number of amides is 1. The molecule has 1 N–H and O–H groups in total. The van der Waals surface area contributed by atoms with Crippen molar-refractivity contribution < 1.29 is 14.7 Å². The first-order valence-electron chi connectivity index (χ1n) is 7.07. The molecule has 2 aliphatic rings. The summed E-state index contributed by atoms with van der Waals surface area (Å²) in [5.74, 6) is -1.21. The van der Waals surface area contributed by atoms with Crippen molar-refractivity contribution in [1.29, 1.82) is 0 Å². The van der Waals surface area contributed by atoms with Gasteiger partial charge >= 0.3 is 5.97 Å². The second kappa shape index (κ2) is 3.97. The van der Waals surface area contributed by atoms with Gasteiger partial charge in [0.2, 0.25) is 5.91 Å². The molecule has 0 spiro atoms. The van der Waals surface area contributed by atoms with Crippen LogP contribution in [0.4, 0.5) is 0 Å². The predicted molar refractivity (Wildman–Crippen MR) is 72.6 cm³/mol. The Bertz CT molecular complexity index is 413. The van der Waals surface area contributed by atoms with Gasteiger partial charge in [0.15, 0.2) is 0 Å². The fraction of sp³-hybridized carbons (Fsp3) is 0.867. The van der Waals surface area contributed by atoms with E-state index in [1.807, 2.05) is 18.7 Å². The molecule has 1 aliphatic carbocycles. The maximum absolute atomic E-state index is 12.4. The lowest BCUT2D eigenvalue weighted by molar-refractivity contribution is -0.156. The summed E-state index contributed by atoms with van der Waals surface area (Å²) in [6.45, 7) is 12.4. The van der Waals surface area contributed by atoms with Crippen molar-refractivity contribution in [3.8, 4) is 0 Å². The number of hydrogen-bond donors (Lipinski definition) is 1. The highest BCUT2D eigenvalue weighted by Crippen LogP contribution is 2.66. The highest BCUT2D eigenvalue weighted by atomic mass is 16.4. The standard InChI is InChI=1S/C15H25NO3/c1-8-7-10(17)16(9(2)11(8)12(18)19)13-14(3,4)15(13,5)6/h8-9,11,13H,7H2,1-6H3,(H,18,19). The Morgan fingerprint density at radius 3 is 2.05 bits per heavy atom. The molecule has 19 heavy (non-hydrogen) atoms. The van der Waals surface area contributed by atoms with Crippen molar-refractivity contribution in [3.63, 3.8) is 0 Å². The number of carbonyl (C=O) groups is 2. The molecule has 0 aromatic heterocycles. The number of likely N-dealkylation sites (tertiary alicyclic amines) is 1. The molecule has 4 nitrogen and oxygen atoms in total. The molecule has 0 aromatic rings. The van der Waals surface area contributed by atoms with Gasteiger partial charge in [0, 0.05) is 18.5 Å². The molecule has 0 bridgehead atoms. The van der Waals surface area contributed by atoms with Gasteiger partial charge < -0.3 is 10.0 Å². The van der Waals surface area contributed by atoms with E-state index in [0.29, 0.717) is 6.42 Å². The highest BCUT2D eigenvalue weighted by molar-refractivity contribution is 5.82. The fourth-order valence-electron chi connectivity index (χ4n) is 4.07. The van der Waals surface area contributed by atoms with Crippen molar-refractivity contribution in [2.75, 3.05) is 0 Å². The first-order valence-corrected chi connectivity index (χ1v) is 7.07. The quantitative estimate of drug-likeness (QED) is 0.835. The maximum Gasteiger partial charge on any atom is 0.308 e. The first-order chi connectivity index (χ1) is 8.53. The van der Waals surface area contributed by atoms with E-state index in [-0.39, 0.29) is 34.7 Å². The zero-order chi connectivity index (χ0) is 14.7. The minimum atomic E-state index is -0.784. The zero-order valence-corrected chi connectivity index (χ0v) is 12.7. The normalized spacial score (nSPS) is 37.3. The SMILES string of the molecule is CC1CC(=O)N(C2C(C)(C)C2(C)C)C(C)C1C(=O)O. The van der Waals surface area contributed by atoms with Gasteiger partial charge in [-0.1, -0.05) is 34.6 Å². The lowest BCUT2D eigenvalue weighted by atomic mass is 9.80. The third-order valence-electron chi connectivity index (χ3n) is 5.86. The summed E-state index contributed by atoms with van der Waals surface area (Å²) >= 11 is 0. The molecule has 2 rings (SSSR count). The van der Waals surface area contributed by atoms with Gasteiger partial charge in [-0.25, -0.2) is 0 Å². The maximum atomic E-state index is 12.4. The Hall–Kier alpha value is -1.06. The Labute approximate surface area is 115 Å². The lowest BCUT2D eigenvalue weighted by Gasteiger charge is -2.42. The van der Waals surface area contributed by atoms with E-state index in [0.717, 1.165) is 0 Å². The van der Waals surface area contributed by atoms with Crippen LogP contribution in [0.15, 0.2) is 0 Å². The van der Waals surface area contributed by atoms with Crippen LogP contribution in [0.1, 0.15) is 48.0 Å². The number of rotatable bonds is 2. The van der Waals surface area contributed by atoms with Crippen LogP contribution in [-0.4, -0.2) is 34.0 Å². The van der Waals surface area contributed by atoms with Crippen LogP contribution in [0, 0.1) is 22.7 Å². The Morgan fingerprint density at radius 2 is 1.68 bits per heavy atom. The van der Waals surface area contributed by atoms with Crippen LogP contribution >= 0.6 is 0 Å². The molecule has 1 saturated carbocycles. The van der Waals surface area contributed by atoms with E-state index in [2.05, 4.69) is 27.7 Å². The van der Waals surface area contributed by atoms with Gasteiger partial charge in [0.05, 0.1) is 5.92 Å². The molecule has 1 saturated heterocycles. The largest absolute Gasteiger partial charge is 0.481 e. The molecular weight excluding hydrogens is 242 g/mol. The average Bonchev–Trinajstić information content (AvgIpc) is 2.59. The fourth-order valence-corrected chi connectivity index (χ4v) is 4.07. The number of carbonyl (C=O) groups excluding carboxylic acids is 1. The first kappa shape index (κ1) is 14.4. The number of aliphatic carboxylic acids is 1. The van der Waals surface area contributed by atoms with Gasteiger partial charge in [0.25, 0.3) is 0 Å². The van der Waals surface area contributed by atoms with Crippen molar-refractivity contribution in [2.24, 2.45) is 22.7 Å². The molecule has 4 heteroatoms. The summed E-state index contributed by atoms with van der Waals surface area (Å²) in [6.07, 6.45) is 0.351. The van der Waals surface area contributed by atoms with Crippen LogP contribution in [0.5, 0.6) is 0 Å². The molecular formula is C15H25NO3. The third-order valence-corrected chi connectivity index (χ3v) is 5.86. The number of hydrogen-bond acceptors (Lipinski definition) is 2. The second-order valence-electron chi connectivity index (χ2n) is 7.43. The monoisotopic (exact) mass is 267 g/mol. The summed E-state index contributed by atoms with van der Waals surface area (Å²) in [7, 11) is 0. The molecule has 0 aromatic carbocycles. The van der Waals surface area contributed by atoms with Gasteiger partial charge in [-0.2, -0.15) is 0 Å². The van der Waals surface area contributed by atoms with Crippen LogP contribution in [-0.2, 0) is 9.59 Å². The zero-order valence-electron chi connectivity index (χ0n) is 12.7. The van der Waals surface area contributed by atoms with Gasteiger partial charge in [0.1, 0.15) is 0 Å². The molecule has 2 fully saturated rings. The van der Waals surface area contributed by atoms with Crippen molar-refractivity contribution in [2.45, 2.75) is 60.0 Å². The summed E-state index contributed by atoms with van der Waals surface area (Å²) in [4.78, 5) is 25.7. The van der Waals surface area contributed by atoms with Crippen LogP contribution < -0.4 is 0 Å². The minimum absolute atomic E-state index is 0.0561. The van der Waals surface area contributed by atoms with E-state index >= 15 is 0 Å². The van der Waals surface area contributed by atoms with E-state index < -0.39 is 11.9 Å². The van der Waals surface area contributed by atoms with Crippen LogP contribution in [0.2, 0.25) is 0 Å². The highest BCUT2D eigenvalue weighted by Gasteiger charge is 2.69. The number of piperidine rings is 1. The molecule has 1 amide bonds. The summed E-state index contributed by atoms with van der Waals surface area (Å²) in [5, 5.41) is 9.41. The Balaban J connectivity index is 2.31. The van der Waals surface area contributed by atoms with Crippen LogP contribution in [0.3, 0.4) is 0 Å². The van der Waals surface area contributed by atoms with Crippen molar-refractivity contribution >= 4 is 11.9 Å². The molecule has 1 heterocycles. The van der Waals surface area contributed by atoms with Gasteiger partial charge in [-0.05, 0) is 23.7 Å². The Morgan fingerprint density at radius 1 is 1.21 bits per heavy atom. The topological polar surface area (TPSA) is 57.6 Å². The lowest BCUT2D eigenvalue weighted by Crippen LogP contribution is -2.54. The molecule has 3 unspecified atom stereocenters. The number of carboxylic acids is 1. The van der Waals surface area contributed by atoms with E-state index in [1.165, 1.54) is 0 Å². The third kappa shape index (κ3) is 1.79. The van der Waals surface area contributed by atoms with E-state index in [9.17, 15) is 14.7 Å². The second-order valence-corrected chi connectivity index (χ2v) is 7.43. The summed E-state index contributed by atoms with van der Waals surface area (Å²) in [5.41, 5.74) is 0.112. The molecule has 3 atom stereocenters. The van der Waals surface area contributed by atoms with Crippen molar-refractivity contribution in [3.05, 3.63) is 0 Å². The number of nitrogens with zero attached hydrogens (tertiary/aromatic N) is 1.